The third-order valence-corrected chi connectivity index (χ3v) is 6.02. The monoisotopic (exact) mass is 362 g/mol. The van der Waals surface area contributed by atoms with Crippen LogP contribution in [0, 0.1) is 6.92 Å². The highest BCUT2D eigenvalue weighted by Gasteiger charge is 2.41. The molecule has 2 aliphatic rings. The van der Waals surface area contributed by atoms with Crippen molar-refractivity contribution < 1.29 is 4.79 Å². The Balaban J connectivity index is 1.84. The zero-order valence-electron chi connectivity index (χ0n) is 16.3. The van der Waals surface area contributed by atoms with Gasteiger partial charge in [0.2, 0.25) is 5.91 Å². The summed E-state index contributed by atoms with van der Waals surface area (Å²) >= 11 is 0. The first-order valence-electron chi connectivity index (χ1n) is 9.39. The molecule has 1 aromatic carbocycles. The van der Waals surface area contributed by atoms with Gasteiger partial charge in [-0.1, -0.05) is 25.3 Å². The van der Waals surface area contributed by atoms with E-state index >= 15 is 0 Å². The molecule has 2 N–H and O–H groups in total. The van der Waals surface area contributed by atoms with Gasteiger partial charge in [0.1, 0.15) is 11.3 Å². The van der Waals surface area contributed by atoms with E-state index in [0.29, 0.717) is 0 Å². The van der Waals surface area contributed by atoms with Crippen molar-refractivity contribution in [3.8, 4) is 0 Å². The summed E-state index contributed by atoms with van der Waals surface area (Å²) in [5, 5.41) is 3.83. The van der Waals surface area contributed by atoms with Crippen molar-refractivity contribution in [3.05, 3.63) is 53.9 Å². The number of hydrogen-bond acceptors (Lipinski definition) is 3. The predicted octanol–water partition coefficient (Wildman–Crippen LogP) is 4.41. The van der Waals surface area contributed by atoms with Crippen LogP contribution < -0.4 is 10.2 Å². The summed E-state index contributed by atoms with van der Waals surface area (Å²) < 4.78 is 0. The van der Waals surface area contributed by atoms with Crippen molar-refractivity contribution >= 4 is 28.3 Å². The number of carbonyl (C=O) groups excluding carboxylic acids is 1. The van der Waals surface area contributed by atoms with Crippen LogP contribution in [0.4, 0.5) is 11.4 Å². The van der Waals surface area contributed by atoms with E-state index in [1.807, 2.05) is 32.2 Å². The number of nitrogens with zero attached hydrogens (tertiary/aromatic N) is 2. The quantitative estimate of drug-likeness (QED) is 0.850. The summed E-state index contributed by atoms with van der Waals surface area (Å²) in [6.45, 7) is 11.5. The van der Waals surface area contributed by atoms with Crippen LogP contribution in [0.15, 0.2) is 42.5 Å². The number of aromatic nitrogens is 2. The number of nitrogens with one attached hydrogen (secondary N) is 2. The maximum atomic E-state index is 12.0. The Morgan fingerprint density at radius 3 is 2.56 bits per heavy atom. The molecule has 0 saturated carbocycles. The minimum absolute atomic E-state index is 0.0264. The molecule has 2 aromatic rings. The summed E-state index contributed by atoms with van der Waals surface area (Å²) in [6, 6.07) is 2.05. The van der Waals surface area contributed by atoms with Crippen LogP contribution in [-0.4, -0.2) is 28.5 Å². The highest BCUT2D eigenvalue weighted by atomic mass is 16.2. The van der Waals surface area contributed by atoms with Crippen LogP contribution in [0.25, 0.3) is 11.0 Å². The molecule has 5 nitrogen and oxygen atoms in total. The van der Waals surface area contributed by atoms with Gasteiger partial charge >= 0.3 is 0 Å². The minimum atomic E-state index is -0.0345. The third-order valence-electron chi connectivity index (χ3n) is 6.02. The second-order valence-electron chi connectivity index (χ2n) is 7.76. The van der Waals surface area contributed by atoms with Crippen LogP contribution in [0.1, 0.15) is 37.6 Å². The van der Waals surface area contributed by atoms with Crippen LogP contribution in [0.2, 0.25) is 0 Å². The van der Waals surface area contributed by atoms with E-state index in [-0.39, 0.29) is 11.4 Å². The maximum Gasteiger partial charge on any atom is 0.223 e. The lowest BCUT2D eigenvalue weighted by Crippen LogP contribution is -2.40. The summed E-state index contributed by atoms with van der Waals surface area (Å²) in [6.07, 6.45) is 7.70. The normalized spacial score (nSPS) is 17.7. The highest BCUT2D eigenvalue weighted by molar-refractivity contribution is 6.01. The van der Waals surface area contributed by atoms with Crippen molar-refractivity contribution in [2.24, 2.45) is 0 Å². The molecular weight excluding hydrogens is 336 g/mol. The van der Waals surface area contributed by atoms with Crippen LogP contribution in [0.5, 0.6) is 0 Å². The Hall–Kier alpha value is -2.82. The van der Waals surface area contributed by atoms with Gasteiger partial charge in [0.15, 0.2) is 0 Å². The SMILES string of the molecule is C=CC1=C(C=C)CC2(CCc3c(N(C)C(C)=O)cc4[nH]c(C)nc4c3N2)C1. The number of carbonyl (C=O) groups is 1. The number of fused-ring (bicyclic) bond motifs is 3. The molecule has 140 valence electrons. The van der Waals surface area contributed by atoms with Gasteiger partial charge in [-0.05, 0) is 49.8 Å². The fourth-order valence-electron chi connectivity index (χ4n) is 4.54. The zero-order chi connectivity index (χ0) is 19.3. The van der Waals surface area contributed by atoms with Gasteiger partial charge in [-0.3, -0.25) is 4.79 Å². The fraction of sp³-hybridized carbons (Fsp3) is 0.364. The third kappa shape index (κ3) is 2.69. The first kappa shape index (κ1) is 17.6. The van der Waals surface area contributed by atoms with Gasteiger partial charge in [0, 0.05) is 25.1 Å². The highest BCUT2D eigenvalue weighted by Crippen LogP contribution is 2.48. The second kappa shape index (κ2) is 6.12. The lowest BCUT2D eigenvalue weighted by Gasteiger charge is -2.39. The molecule has 4 rings (SSSR count). The lowest BCUT2D eigenvalue weighted by atomic mass is 9.82. The molecule has 1 aromatic heterocycles. The summed E-state index contributed by atoms with van der Waals surface area (Å²) in [4.78, 5) is 21.8. The summed E-state index contributed by atoms with van der Waals surface area (Å²) in [5.41, 5.74) is 7.60. The van der Waals surface area contributed by atoms with Crippen molar-refractivity contribution in [3.63, 3.8) is 0 Å². The van der Waals surface area contributed by atoms with Gasteiger partial charge in [-0.2, -0.15) is 0 Å². The first-order chi connectivity index (χ1) is 12.9. The molecular formula is C22H26N4O. The summed E-state index contributed by atoms with van der Waals surface area (Å²) in [5.74, 6) is 0.901. The number of aromatic amines is 1. The number of hydrogen-bond donors (Lipinski definition) is 2. The molecule has 5 heteroatoms. The number of amides is 1. The number of H-pyrrole nitrogens is 1. The van der Waals surface area contributed by atoms with Crippen molar-refractivity contribution in [2.75, 3.05) is 17.3 Å². The average Bonchev–Trinajstić information content (AvgIpc) is 3.19. The Kier molecular flexibility index (Phi) is 3.98. The number of imidazole rings is 1. The predicted molar refractivity (Wildman–Crippen MR) is 111 cm³/mol. The second-order valence-corrected chi connectivity index (χ2v) is 7.76. The minimum Gasteiger partial charge on any atom is -0.377 e. The number of benzene rings is 1. The van der Waals surface area contributed by atoms with Crippen molar-refractivity contribution in [2.45, 2.75) is 45.1 Å². The van der Waals surface area contributed by atoms with Crippen molar-refractivity contribution in [1.29, 1.82) is 0 Å². The van der Waals surface area contributed by atoms with Crippen LogP contribution in [0.3, 0.4) is 0 Å². The molecule has 1 spiro atoms. The maximum absolute atomic E-state index is 12.0. The number of allylic oxidation sites excluding steroid dienone is 2. The van der Waals surface area contributed by atoms with Gasteiger partial charge in [-0.15, -0.1) is 0 Å². The molecule has 0 fully saturated rings. The topological polar surface area (TPSA) is 61.0 Å². The Bertz CT molecular complexity index is 991. The number of rotatable bonds is 3. The van der Waals surface area contributed by atoms with E-state index in [4.69, 9.17) is 4.98 Å². The first-order valence-corrected chi connectivity index (χ1v) is 9.39. The standard InChI is InChI=1S/C22H26N4O/c1-6-15-11-22(12-16(15)7-2)9-8-17-19(26(5)14(4)27)10-18-21(20(17)25-22)24-13(3)23-18/h6-7,10,25H,1-2,8-9,11-12H2,3-5H3,(H,23,24). The van der Waals surface area contributed by atoms with Gasteiger partial charge < -0.3 is 15.2 Å². The molecule has 0 unspecified atom stereocenters. The van der Waals surface area contributed by atoms with E-state index in [9.17, 15) is 4.79 Å². The average molecular weight is 362 g/mol. The van der Waals surface area contributed by atoms with E-state index in [2.05, 4.69) is 23.5 Å². The van der Waals surface area contributed by atoms with Gasteiger partial charge in [0.25, 0.3) is 0 Å². The van der Waals surface area contributed by atoms with Crippen LogP contribution in [-0.2, 0) is 11.2 Å². The molecule has 0 bridgehead atoms. The fourth-order valence-corrected chi connectivity index (χ4v) is 4.54. The van der Waals surface area contributed by atoms with E-state index in [1.54, 1.807) is 11.8 Å². The Morgan fingerprint density at radius 1 is 1.30 bits per heavy atom. The molecule has 1 aliphatic carbocycles. The van der Waals surface area contributed by atoms with Crippen LogP contribution >= 0.6 is 0 Å². The number of anilines is 2. The lowest BCUT2D eigenvalue weighted by molar-refractivity contribution is -0.116. The van der Waals surface area contributed by atoms with E-state index < -0.39 is 0 Å². The van der Waals surface area contributed by atoms with Gasteiger partial charge in [-0.25, -0.2) is 4.98 Å². The van der Waals surface area contributed by atoms with E-state index in [1.165, 1.54) is 16.7 Å². The Labute approximate surface area is 159 Å². The molecule has 1 amide bonds. The van der Waals surface area contributed by atoms with E-state index in [0.717, 1.165) is 53.9 Å². The smallest absolute Gasteiger partial charge is 0.223 e. The molecule has 2 heterocycles. The molecule has 27 heavy (non-hydrogen) atoms. The molecule has 0 radical (unpaired) electrons. The Morgan fingerprint density at radius 2 is 1.96 bits per heavy atom. The molecule has 0 saturated heterocycles. The molecule has 1 aliphatic heterocycles. The largest absolute Gasteiger partial charge is 0.377 e. The van der Waals surface area contributed by atoms with Gasteiger partial charge in [0.05, 0.1) is 16.9 Å². The molecule has 0 atom stereocenters. The van der Waals surface area contributed by atoms with Crippen molar-refractivity contribution in [1.82, 2.24) is 9.97 Å². The number of aryl methyl sites for hydroxylation is 1. The summed E-state index contributed by atoms with van der Waals surface area (Å²) in [7, 11) is 1.83. The zero-order valence-corrected chi connectivity index (χ0v) is 16.3.